The monoisotopic (exact) mass is 360 g/mol. The van der Waals surface area contributed by atoms with Gasteiger partial charge in [-0.1, -0.05) is 28.1 Å². The molecule has 106 valence electrons. The highest BCUT2D eigenvalue weighted by atomic mass is 79.9. The van der Waals surface area contributed by atoms with Crippen LogP contribution in [0.5, 0.6) is 5.75 Å². The van der Waals surface area contributed by atoms with Crippen molar-refractivity contribution in [1.29, 1.82) is 0 Å². The van der Waals surface area contributed by atoms with E-state index >= 15 is 0 Å². The van der Waals surface area contributed by atoms with Crippen molar-refractivity contribution >= 4 is 33.0 Å². The summed E-state index contributed by atoms with van der Waals surface area (Å²) in [5.74, 6) is 0.836. The Hall–Kier alpha value is -1.85. The van der Waals surface area contributed by atoms with Gasteiger partial charge in [0.15, 0.2) is 0 Å². The number of hydrogen-bond acceptors (Lipinski definition) is 4. The molecule has 0 saturated carbocycles. The molecule has 0 unspecified atom stereocenters. The van der Waals surface area contributed by atoms with Gasteiger partial charge >= 0.3 is 0 Å². The summed E-state index contributed by atoms with van der Waals surface area (Å²) >= 11 is 5.00. The van der Waals surface area contributed by atoms with Crippen LogP contribution in [-0.2, 0) is 6.61 Å². The van der Waals surface area contributed by atoms with Gasteiger partial charge in [-0.3, -0.25) is 0 Å². The zero-order valence-corrected chi connectivity index (χ0v) is 13.5. The molecular weight excluding hydrogens is 348 g/mol. The quantitative estimate of drug-likeness (QED) is 0.683. The Morgan fingerprint density at radius 1 is 1.05 bits per heavy atom. The molecule has 3 aromatic rings. The van der Waals surface area contributed by atoms with Gasteiger partial charge in [0.2, 0.25) is 0 Å². The maximum Gasteiger partial charge on any atom is 0.140 e. The van der Waals surface area contributed by atoms with Crippen molar-refractivity contribution in [3.63, 3.8) is 0 Å². The first-order valence-electron chi connectivity index (χ1n) is 6.39. The molecule has 0 amide bonds. The normalized spacial score (nSPS) is 10.5. The molecule has 3 rings (SSSR count). The van der Waals surface area contributed by atoms with Crippen molar-refractivity contribution in [3.05, 3.63) is 63.4 Å². The maximum absolute atomic E-state index is 5.72. The van der Waals surface area contributed by atoms with Crippen LogP contribution >= 0.6 is 27.3 Å². The summed E-state index contributed by atoms with van der Waals surface area (Å²) in [6.45, 7) is 0.473. The maximum atomic E-state index is 5.72. The van der Waals surface area contributed by atoms with Gasteiger partial charge in [-0.15, -0.1) is 11.3 Å². The SMILES string of the molecule is Nc1ccc(-c2csc(COc3ccc(Br)cc3)n2)cc1. The molecule has 21 heavy (non-hydrogen) atoms. The third-order valence-electron chi connectivity index (χ3n) is 2.93. The first-order chi connectivity index (χ1) is 10.2. The second-order valence-corrected chi connectivity index (χ2v) is 6.35. The second kappa shape index (κ2) is 6.28. The van der Waals surface area contributed by atoms with E-state index in [1.54, 1.807) is 11.3 Å². The number of ether oxygens (including phenoxy) is 1. The van der Waals surface area contributed by atoms with Crippen LogP contribution in [0.15, 0.2) is 58.4 Å². The molecule has 0 saturated heterocycles. The predicted octanol–water partition coefficient (Wildman–Crippen LogP) is 4.73. The molecule has 2 N–H and O–H groups in total. The summed E-state index contributed by atoms with van der Waals surface area (Å²) in [6.07, 6.45) is 0. The van der Waals surface area contributed by atoms with E-state index in [-0.39, 0.29) is 0 Å². The van der Waals surface area contributed by atoms with E-state index in [1.165, 1.54) is 0 Å². The number of thiazole rings is 1. The fourth-order valence-corrected chi connectivity index (χ4v) is 2.82. The van der Waals surface area contributed by atoms with E-state index in [9.17, 15) is 0 Å². The lowest BCUT2D eigenvalue weighted by atomic mass is 10.1. The van der Waals surface area contributed by atoms with Gasteiger partial charge in [0.05, 0.1) is 5.69 Å². The summed E-state index contributed by atoms with van der Waals surface area (Å²) in [5, 5.41) is 2.98. The van der Waals surface area contributed by atoms with Crippen LogP contribution in [0.1, 0.15) is 5.01 Å². The number of nitrogens with two attached hydrogens (primary N) is 1. The lowest BCUT2D eigenvalue weighted by Gasteiger charge is -2.03. The average molecular weight is 361 g/mol. The third-order valence-corrected chi connectivity index (χ3v) is 4.29. The number of nitrogen functional groups attached to an aromatic ring is 1. The summed E-state index contributed by atoms with van der Waals surface area (Å²) in [7, 11) is 0. The van der Waals surface area contributed by atoms with Crippen molar-refractivity contribution in [1.82, 2.24) is 4.98 Å². The van der Waals surface area contributed by atoms with E-state index in [1.807, 2.05) is 53.9 Å². The minimum Gasteiger partial charge on any atom is -0.486 e. The number of anilines is 1. The van der Waals surface area contributed by atoms with Crippen molar-refractivity contribution in [3.8, 4) is 17.0 Å². The molecule has 0 aliphatic heterocycles. The number of benzene rings is 2. The molecule has 0 spiro atoms. The second-order valence-electron chi connectivity index (χ2n) is 4.49. The van der Waals surface area contributed by atoms with Crippen LogP contribution < -0.4 is 10.5 Å². The minimum atomic E-state index is 0.473. The standard InChI is InChI=1S/C16H13BrN2OS/c17-12-3-7-14(8-4-12)20-9-16-19-15(10-21-16)11-1-5-13(18)6-2-11/h1-8,10H,9,18H2. The van der Waals surface area contributed by atoms with Crippen LogP contribution in [-0.4, -0.2) is 4.98 Å². The van der Waals surface area contributed by atoms with E-state index in [0.29, 0.717) is 6.61 Å². The topological polar surface area (TPSA) is 48.1 Å². The van der Waals surface area contributed by atoms with Crippen LogP contribution in [0.2, 0.25) is 0 Å². The van der Waals surface area contributed by atoms with Gasteiger partial charge in [-0.05, 0) is 36.4 Å². The zero-order valence-electron chi connectivity index (χ0n) is 11.1. The molecule has 0 bridgehead atoms. The lowest BCUT2D eigenvalue weighted by molar-refractivity contribution is 0.305. The average Bonchev–Trinajstić information content (AvgIpc) is 2.96. The van der Waals surface area contributed by atoms with Crippen LogP contribution in [0.25, 0.3) is 11.3 Å². The minimum absolute atomic E-state index is 0.473. The number of aromatic nitrogens is 1. The van der Waals surface area contributed by atoms with Crippen LogP contribution in [0.3, 0.4) is 0 Å². The molecule has 0 fully saturated rings. The van der Waals surface area contributed by atoms with Crippen molar-refractivity contribution < 1.29 is 4.74 Å². The molecule has 1 aromatic heterocycles. The van der Waals surface area contributed by atoms with Crippen LogP contribution in [0.4, 0.5) is 5.69 Å². The fourth-order valence-electron chi connectivity index (χ4n) is 1.84. The van der Waals surface area contributed by atoms with Gasteiger partial charge < -0.3 is 10.5 Å². The molecule has 0 atom stereocenters. The highest BCUT2D eigenvalue weighted by molar-refractivity contribution is 9.10. The number of rotatable bonds is 4. The first kappa shape index (κ1) is 14.1. The van der Waals surface area contributed by atoms with Gasteiger partial charge in [0.25, 0.3) is 0 Å². The molecule has 2 aromatic carbocycles. The first-order valence-corrected chi connectivity index (χ1v) is 8.07. The number of hydrogen-bond donors (Lipinski definition) is 1. The van der Waals surface area contributed by atoms with E-state index in [0.717, 1.165) is 32.2 Å². The lowest BCUT2D eigenvalue weighted by Crippen LogP contribution is -1.94. The summed E-state index contributed by atoms with van der Waals surface area (Å²) in [4.78, 5) is 4.59. The summed E-state index contributed by atoms with van der Waals surface area (Å²) < 4.78 is 6.76. The Morgan fingerprint density at radius 3 is 2.48 bits per heavy atom. The smallest absolute Gasteiger partial charge is 0.140 e. The van der Waals surface area contributed by atoms with Gasteiger partial charge in [-0.25, -0.2) is 4.98 Å². The van der Waals surface area contributed by atoms with E-state index in [4.69, 9.17) is 10.5 Å². The van der Waals surface area contributed by atoms with E-state index in [2.05, 4.69) is 20.9 Å². The van der Waals surface area contributed by atoms with Crippen molar-refractivity contribution in [2.24, 2.45) is 0 Å². The Balaban J connectivity index is 1.67. The van der Waals surface area contributed by atoms with Crippen LogP contribution in [0, 0.1) is 0 Å². The number of halogens is 1. The molecule has 5 heteroatoms. The largest absolute Gasteiger partial charge is 0.486 e. The predicted molar refractivity (Wildman–Crippen MR) is 90.4 cm³/mol. The summed E-state index contributed by atoms with van der Waals surface area (Å²) in [5.41, 5.74) is 8.47. The van der Waals surface area contributed by atoms with Crippen molar-refractivity contribution in [2.75, 3.05) is 5.73 Å². The molecular formula is C16H13BrN2OS. The number of nitrogens with zero attached hydrogens (tertiary/aromatic N) is 1. The van der Waals surface area contributed by atoms with Gasteiger partial charge in [0, 0.05) is 21.1 Å². The molecule has 3 nitrogen and oxygen atoms in total. The Kier molecular flexibility index (Phi) is 4.22. The highest BCUT2D eigenvalue weighted by Gasteiger charge is 2.05. The summed E-state index contributed by atoms with van der Waals surface area (Å²) in [6, 6.07) is 15.5. The molecule has 0 radical (unpaired) electrons. The Morgan fingerprint density at radius 2 is 1.76 bits per heavy atom. The highest BCUT2D eigenvalue weighted by Crippen LogP contribution is 2.24. The van der Waals surface area contributed by atoms with Gasteiger partial charge in [0.1, 0.15) is 17.4 Å². The molecule has 1 heterocycles. The van der Waals surface area contributed by atoms with E-state index < -0.39 is 0 Å². The Bertz CT molecular complexity index is 723. The Labute approximate surface area is 135 Å². The van der Waals surface area contributed by atoms with Gasteiger partial charge in [-0.2, -0.15) is 0 Å². The molecule has 0 aliphatic rings. The zero-order chi connectivity index (χ0) is 14.7. The fraction of sp³-hybridized carbons (Fsp3) is 0.0625. The molecule has 0 aliphatic carbocycles. The third kappa shape index (κ3) is 3.62. The van der Waals surface area contributed by atoms with Crippen molar-refractivity contribution in [2.45, 2.75) is 6.61 Å².